The smallest absolute Gasteiger partial charge is 0.418 e. The predicted octanol–water partition coefficient (Wildman–Crippen LogP) is 15.2. The van der Waals surface area contributed by atoms with Crippen molar-refractivity contribution in [3.8, 4) is 0 Å². The third-order valence-corrected chi connectivity index (χ3v) is 28.2. The number of rotatable bonds is 15. The average Bonchev–Trinajstić information content (AvgIpc) is 3.08. The van der Waals surface area contributed by atoms with Gasteiger partial charge in [0.1, 0.15) is 0 Å². The summed E-state index contributed by atoms with van der Waals surface area (Å²) in [6, 6.07) is 6.18. The second-order valence-electron chi connectivity index (χ2n) is 20.2. The molecule has 0 N–H and O–H groups in total. The molecule has 3 atom stereocenters. The molecular formula is C43H100O6Si6. The van der Waals surface area contributed by atoms with Crippen LogP contribution in [0.3, 0.4) is 0 Å². The molecule has 0 saturated carbocycles. The first-order valence-corrected chi connectivity index (χ1v) is 41.7. The lowest BCUT2D eigenvalue weighted by Gasteiger charge is -2.35. The SMILES string of the molecule is CCO[Si](C)(OC[Si](C)(CC)OCCCC[Si](C)(C)C)O[Si](C)(C)C.CC[Si]1(C)CCO[Si](C)(C)CCCCCCCCCCCCCCCCCCCO1. The molecule has 0 amide bonds. The molecule has 1 saturated heterocycles. The molecule has 55 heavy (non-hydrogen) atoms. The Balaban J connectivity index is 0.00000108. The Morgan fingerprint density at radius 3 is 1.45 bits per heavy atom. The Hall–Kier alpha value is 1.06. The maximum absolute atomic E-state index is 6.47. The maximum Gasteiger partial charge on any atom is 0.486 e. The van der Waals surface area contributed by atoms with Crippen molar-refractivity contribution in [2.45, 2.75) is 245 Å². The maximum atomic E-state index is 6.47. The Morgan fingerprint density at radius 1 is 0.527 bits per heavy atom. The van der Waals surface area contributed by atoms with Crippen LogP contribution in [0.15, 0.2) is 0 Å². The summed E-state index contributed by atoms with van der Waals surface area (Å²) in [5, 5.41) is 0. The van der Waals surface area contributed by atoms with Gasteiger partial charge < -0.3 is 26.2 Å². The van der Waals surface area contributed by atoms with E-state index in [1.54, 1.807) is 0 Å². The summed E-state index contributed by atoms with van der Waals surface area (Å²) in [5.74, 6) is 0. The first-order chi connectivity index (χ1) is 25.7. The van der Waals surface area contributed by atoms with Crippen LogP contribution in [0.1, 0.15) is 143 Å². The molecular weight excluding hydrogens is 781 g/mol. The van der Waals surface area contributed by atoms with E-state index in [0.29, 0.717) is 12.8 Å². The molecule has 0 bridgehead atoms. The van der Waals surface area contributed by atoms with Gasteiger partial charge in [0.05, 0.1) is 6.23 Å². The fraction of sp³-hybridized carbons (Fsp3) is 1.00. The van der Waals surface area contributed by atoms with Crippen LogP contribution in [0.4, 0.5) is 0 Å². The molecule has 0 aliphatic carbocycles. The van der Waals surface area contributed by atoms with Crippen LogP contribution in [0, 0.1) is 0 Å². The summed E-state index contributed by atoms with van der Waals surface area (Å²) in [7, 11) is -10.1. The standard InChI is InChI=1S/C26H56O2Si2.C17H44O4Si4/c1-5-30(4)26-24-27-29(2,3)25-22-20-18-16-14-12-10-8-6-7-9-11-13-15-17-19-21-23-28-30;1-11-18-25(10,21-23(6,7)8)20-17-24(9,12-2)19-15-13-14-16-22(3,4)5/h5-26H2,1-4H3;11-17H2,1-10H3. The number of hydrogen-bond donors (Lipinski definition) is 0. The molecule has 1 aliphatic rings. The molecule has 0 spiro atoms. The quantitative estimate of drug-likeness (QED) is 0.121. The van der Waals surface area contributed by atoms with Crippen molar-refractivity contribution in [3.05, 3.63) is 0 Å². The van der Waals surface area contributed by atoms with E-state index in [1.807, 2.05) is 13.5 Å². The normalized spacial score (nSPS) is 23.9. The minimum Gasteiger partial charge on any atom is -0.418 e. The Bertz CT molecular complexity index is 904. The van der Waals surface area contributed by atoms with Crippen LogP contribution in [0.2, 0.25) is 102 Å². The van der Waals surface area contributed by atoms with Gasteiger partial charge in [-0.05, 0) is 89.8 Å². The van der Waals surface area contributed by atoms with Crippen LogP contribution in [-0.4, -0.2) is 82.8 Å². The zero-order valence-electron chi connectivity index (χ0n) is 40.0. The number of unbranched alkanes of at least 4 members (excludes halogenated alkanes) is 1. The molecule has 0 aromatic carbocycles. The van der Waals surface area contributed by atoms with E-state index < -0.39 is 50.1 Å². The lowest BCUT2D eigenvalue weighted by Crippen LogP contribution is -2.53. The van der Waals surface area contributed by atoms with Gasteiger partial charge >= 0.3 is 8.80 Å². The lowest BCUT2D eigenvalue weighted by atomic mass is 10.0. The summed E-state index contributed by atoms with van der Waals surface area (Å²) < 4.78 is 37.8. The van der Waals surface area contributed by atoms with Gasteiger partial charge in [-0.25, -0.2) is 0 Å². The van der Waals surface area contributed by atoms with E-state index >= 15 is 0 Å². The largest absolute Gasteiger partial charge is 0.486 e. The van der Waals surface area contributed by atoms with Crippen molar-refractivity contribution in [2.75, 3.05) is 32.7 Å². The van der Waals surface area contributed by atoms with Gasteiger partial charge in [0.2, 0.25) is 8.32 Å². The zero-order valence-corrected chi connectivity index (χ0v) is 46.0. The molecule has 0 radical (unpaired) electrons. The molecule has 3 unspecified atom stereocenters. The first-order valence-electron chi connectivity index (χ1n) is 23.6. The minimum atomic E-state index is -2.57. The summed E-state index contributed by atoms with van der Waals surface area (Å²) in [6.45, 7) is 35.4. The van der Waals surface area contributed by atoms with E-state index in [9.17, 15) is 0 Å². The van der Waals surface area contributed by atoms with Gasteiger partial charge in [-0.3, -0.25) is 0 Å². The van der Waals surface area contributed by atoms with E-state index in [-0.39, 0.29) is 0 Å². The fourth-order valence-electron chi connectivity index (χ4n) is 7.11. The summed E-state index contributed by atoms with van der Waals surface area (Å²) >= 11 is 0. The van der Waals surface area contributed by atoms with E-state index in [0.717, 1.165) is 25.9 Å². The summed E-state index contributed by atoms with van der Waals surface area (Å²) in [4.78, 5) is 0. The zero-order chi connectivity index (χ0) is 41.7. The molecule has 0 aromatic heterocycles. The van der Waals surface area contributed by atoms with Crippen LogP contribution < -0.4 is 0 Å². The van der Waals surface area contributed by atoms with Gasteiger partial charge in [-0.15, -0.1) is 0 Å². The Labute approximate surface area is 352 Å². The Morgan fingerprint density at radius 2 is 1.02 bits per heavy atom. The Kier molecular flexibility index (Phi) is 31.6. The van der Waals surface area contributed by atoms with Crippen molar-refractivity contribution in [3.63, 3.8) is 0 Å². The molecule has 0 aromatic rings. The van der Waals surface area contributed by atoms with Crippen LogP contribution in [-0.2, 0) is 26.2 Å². The van der Waals surface area contributed by atoms with Crippen molar-refractivity contribution >= 4 is 50.1 Å². The van der Waals surface area contributed by atoms with Crippen LogP contribution in [0.5, 0.6) is 0 Å². The minimum absolute atomic E-state index is 0.634. The van der Waals surface area contributed by atoms with E-state index in [4.69, 9.17) is 26.2 Å². The van der Waals surface area contributed by atoms with Crippen molar-refractivity contribution in [1.29, 1.82) is 0 Å². The van der Waals surface area contributed by atoms with Crippen molar-refractivity contribution in [2.24, 2.45) is 0 Å². The lowest BCUT2D eigenvalue weighted by molar-refractivity contribution is 0.124. The molecule has 332 valence electrons. The van der Waals surface area contributed by atoms with Crippen LogP contribution in [0.25, 0.3) is 0 Å². The van der Waals surface area contributed by atoms with Crippen molar-refractivity contribution in [1.82, 2.24) is 0 Å². The third kappa shape index (κ3) is 34.5. The summed E-state index contributed by atoms with van der Waals surface area (Å²) in [5.41, 5.74) is 0. The highest BCUT2D eigenvalue weighted by Crippen LogP contribution is 2.24. The predicted molar refractivity (Wildman–Crippen MR) is 259 cm³/mol. The highest BCUT2D eigenvalue weighted by molar-refractivity contribution is 6.80. The molecule has 1 fully saturated rings. The highest BCUT2D eigenvalue weighted by Gasteiger charge is 2.42. The highest BCUT2D eigenvalue weighted by atomic mass is 28.5. The monoisotopic (exact) mass is 881 g/mol. The van der Waals surface area contributed by atoms with Gasteiger partial charge in [-0.2, -0.15) is 0 Å². The second-order valence-corrected chi connectivity index (χ2v) is 46.1. The third-order valence-electron chi connectivity index (χ3n) is 11.3. The van der Waals surface area contributed by atoms with Gasteiger partial charge in [0.25, 0.3) is 0 Å². The van der Waals surface area contributed by atoms with Gasteiger partial charge in [0.15, 0.2) is 25.0 Å². The fourth-order valence-corrected chi connectivity index (χ4v) is 21.3. The van der Waals surface area contributed by atoms with E-state index in [1.165, 1.54) is 146 Å². The molecule has 6 nitrogen and oxygen atoms in total. The topological polar surface area (TPSA) is 55.4 Å². The van der Waals surface area contributed by atoms with Gasteiger partial charge in [0, 0.05) is 41.0 Å². The number of hydrogen-bond acceptors (Lipinski definition) is 6. The van der Waals surface area contributed by atoms with Gasteiger partial charge in [-0.1, -0.05) is 149 Å². The first kappa shape index (κ1) is 56.1. The summed E-state index contributed by atoms with van der Waals surface area (Å²) in [6.07, 6.45) is 27.4. The molecule has 12 heteroatoms. The molecule has 1 heterocycles. The average molecular weight is 882 g/mol. The molecule has 1 rings (SSSR count). The molecule has 1 aliphatic heterocycles. The van der Waals surface area contributed by atoms with Crippen LogP contribution >= 0.6 is 0 Å². The van der Waals surface area contributed by atoms with Crippen molar-refractivity contribution < 1.29 is 26.2 Å². The second kappa shape index (κ2) is 31.0. The van der Waals surface area contributed by atoms with E-state index in [2.05, 4.69) is 79.3 Å².